The molecule has 0 heterocycles. The molecule has 0 fully saturated rings. The number of nitrogens with two attached hydrogens (primary N) is 2. The molecule has 1 atom stereocenters. The van der Waals surface area contributed by atoms with Crippen LogP contribution in [0, 0.1) is 5.92 Å². The van der Waals surface area contributed by atoms with E-state index in [-0.39, 0.29) is 16.7 Å². The fraction of sp³-hybridized carbons (Fsp3) is 0.364. The van der Waals surface area contributed by atoms with Gasteiger partial charge in [0.05, 0.1) is 10.9 Å². The Hall–Kier alpha value is -1.44. The lowest BCUT2D eigenvalue weighted by molar-refractivity contribution is -0.118. The van der Waals surface area contributed by atoms with Crippen molar-refractivity contribution >= 4 is 21.6 Å². The van der Waals surface area contributed by atoms with E-state index in [9.17, 15) is 13.2 Å². The van der Waals surface area contributed by atoms with Gasteiger partial charge in [0.15, 0.2) is 0 Å². The van der Waals surface area contributed by atoms with E-state index in [0.29, 0.717) is 5.69 Å². The molecular weight excluding hydrogens is 254 g/mol. The smallest absolute Gasteiger partial charge is 0.241 e. The maximum Gasteiger partial charge on any atom is 0.241 e. The summed E-state index contributed by atoms with van der Waals surface area (Å²) in [5, 5.41) is 7.55. The zero-order valence-electron chi connectivity index (χ0n) is 10.3. The molecule has 0 radical (unpaired) electrons. The Morgan fingerprint density at radius 2 is 1.94 bits per heavy atom. The molecule has 1 aromatic rings. The van der Waals surface area contributed by atoms with Gasteiger partial charge in [-0.3, -0.25) is 4.79 Å². The predicted molar refractivity (Wildman–Crippen MR) is 69.3 cm³/mol. The van der Waals surface area contributed by atoms with Crippen molar-refractivity contribution in [3.8, 4) is 0 Å². The van der Waals surface area contributed by atoms with Gasteiger partial charge in [-0.25, -0.2) is 13.6 Å². The number of sulfonamides is 1. The van der Waals surface area contributed by atoms with E-state index < -0.39 is 16.1 Å². The molecule has 0 aliphatic rings. The van der Waals surface area contributed by atoms with Crippen LogP contribution in [0.5, 0.6) is 0 Å². The van der Waals surface area contributed by atoms with Crippen LogP contribution in [0.3, 0.4) is 0 Å². The van der Waals surface area contributed by atoms with Crippen molar-refractivity contribution < 1.29 is 13.2 Å². The predicted octanol–water partition coefficient (Wildman–Crippen LogP) is 0.256. The summed E-state index contributed by atoms with van der Waals surface area (Å²) in [5.41, 5.74) is 6.03. The first-order valence-corrected chi connectivity index (χ1v) is 6.96. The number of rotatable bonds is 4. The molecule has 0 aliphatic heterocycles. The van der Waals surface area contributed by atoms with Crippen LogP contribution in [0.25, 0.3) is 0 Å². The summed E-state index contributed by atoms with van der Waals surface area (Å²) in [6, 6.07) is 5.06. The fourth-order valence-corrected chi connectivity index (χ4v) is 1.84. The molecule has 1 amide bonds. The minimum absolute atomic E-state index is 0.00794. The van der Waals surface area contributed by atoms with Crippen molar-refractivity contribution in [3.05, 3.63) is 24.3 Å². The van der Waals surface area contributed by atoms with Crippen molar-refractivity contribution in [2.45, 2.75) is 24.8 Å². The monoisotopic (exact) mass is 271 g/mol. The number of primary sulfonamides is 1. The highest BCUT2D eigenvalue weighted by Crippen LogP contribution is 2.14. The maximum absolute atomic E-state index is 11.7. The summed E-state index contributed by atoms with van der Waals surface area (Å²) in [6.07, 6.45) is 0. The summed E-state index contributed by atoms with van der Waals surface area (Å²) in [7, 11) is -3.78. The number of carbonyl (C=O) groups excluding carboxylic acids is 1. The molecule has 18 heavy (non-hydrogen) atoms. The fourth-order valence-electron chi connectivity index (χ4n) is 1.28. The molecule has 5 N–H and O–H groups in total. The lowest BCUT2D eigenvalue weighted by atomic mass is 10.1. The molecule has 7 heteroatoms. The van der Waals surface area contributed by atoms with Gasteiger partial charge in [0.2, 0.25) is 15.9 Å². The highest BCUT2D eigenvalue weighted by atomic mass is 32.2. The maximum atomic E-state index is 11.7. The SMILES string of the molecule is CC(C)C(N)C(=O)Nc1cccc(S(N)(=O)=O)c1. The number of nitrogens with one attached hydrogen (secondary N) is 1. The van der Waals surface area contributed by atoms with Crippen molar-refractivity contribution in [1.82, 2.24) is 0 Å². The van der Waals surface area contributed by atoms with E-state index in [1.807, 2.05) is 13.8 Å². The van der Waals surface area contributed by atoms with Gasteiger partial charge in [0, 0.05) is 5.69 Å². The average molecular weight is 271 g/mol. The molecule has 1 unspecified atom stereocenters. The Balaban J connectivity index is 2.90. The third-order valence-electron chi connectivity index (χ3n) is 2.45. The van der Waals surface area contributed by atoms with E-state index >= 15 is 0 Å². The molecule has 0 bridgehead atoms. The first-order valence-electron chi connectivity index (χ1n) is 5.41. The van der Waals surface area contributed by atoms with Gasteiger partial charge in [0.1, 0.15) is 0 Å². The first-order chi connectivity index (χ1) is 8.21. The minimum atomic E-state index is -3.78. The molecule has 1 rings (SSSR count). The van der Waals surface area contributed by atoms with Crippen molar-refractivity contribution in [2.24, 2.45) is 16.8 Å². The molecular formula is C11H17N3O3S. The summed E-state index contributed by atoms with van der Waals surface area (Å²) in [4.78, 5) is 11.6. The zero-order chi connectivity index (χ0) is 13.9. The van der Waals surface area contributed by atoms with Gasteiger partial charge in [-0.2, -0.15) is 0 Å². The molecule has 0 spiro atoms. The normalized spacial score (nSPS) is 13.4. The van der Waals surface area contributed by atoms with Gasteiger partial charge in [-0.05, 0) is 24.1 Å². The third kappa shape index (κ3) is 3.80. The number of anilines is 1. The third-order valence-corrected chi connectivity index (χ3v) is 3.36. The van der Waals surface area contributed by atoms with Crippen LogP contribution in [0.1, 0.15) is 13.8 Å². The van der Waals surface area contributed by atoms with Gasteiger partial charge < -0.3 is 11.1 Å². The summed E-state index contributed by atoms with van der Waals surface area (Å²) in [5.74, 6) is -0.372. The standard InChI is InChI=1S/C11H17N3O3S/c1-7(2)10(12)11(15)14-8-4-3-5-9(6-8)18(13,16)17/h3-7,10H,12H2,1-2H3,(H,14,15)(H2,13,16,17). The van der Waals surface area contributed by atoms with Crippen LogP contribution in [0.15, 0.2) is 29.2 Å². The largest absolute Gasteiger partial charge is 0.325 e. The van der Waals surface area contributed by atoms with E-state index in [0.717, 1.165) is 0 Å². The topological polar surface area (TPSA) is 115 Å². The number of hydrogen-bond donors (Lipinski definition) is 3. The van der Waals surface area contributed by atoms with Crippen LogP contribution in [-0.2, 0) is 14.8 Å². The molecule has 0 saturated heterocycles. The Kier molecular flexibility index (Phi) is 4.44. The van der Waals surface area contributed by atoms with Crippen molar-refractivity contribution in [3.63, 3.8) is 0 Å². The Bertz CT molecular complexity index is 540. The molecule has 1 aromatic carbocycles. The average Bonchev–Trinajstić information content (AvgIpc) is 2.27. The number of amides is 1. The summed E-state index contributed by atoms with van der Waals surface area (Å²) in [6.45, 7) is 3.65. The Labute approximate surface area is 106 Å². The van der Waals surface area contributed by atoms with Crippen LogP contribution in [0.2, 0.25) is 0 Å². The lowest BCUT2D eigenvalue weighted by Gasteiger charge is -2.15. The van der Waals surface area contributed by atoms with Gasteiger partial charge in [-0.1, -0.05) is 19.9 Å². The summed E-state index contributed by atoms with van der Waals surface area (Å²) < 4.78 is 22.3. The number of carbonyl (C=O) groups is 1. The van der Waals surface area contributed by atoms with Gasteiger partial charge in [-0.15, -0.1) is 0 Å². The highest BCUT2D eigenvalue weighted by Gasteiger charge is 2.17. The minimum Gasteiger partial charge on any atom is -0.325 e. The van der Waals surface area contributed by atoms with Crippen molar-refractivity contribution in [2.75, 3.05) is 5.32 Å². The Morgan fingerprint density at radius 1 is 1.33 bits per heavy atom. The van der Waals surface area contributed by atoms with E-state index in [2.05, 4.69) is 5.32 Å². The van der Waals surface area contributed by atoms with E-state index in [1.165, 1.54) is 18.2 Å². The van der Waals surface area contributed by atoms with Gasteiger partial charge >= 0.3 is 0 Å². The second kappa shape index (κ2) is 5.47. The van der Waals surface area contributed by atoms with Crippen LogP contribution in [0.4, 0.5) is 5.69 Å². The molecule has 0 saturated carbocycles. The zero-order valence-corrected chi connectivity index (χ0v) is 11.1. The second-order valence-corrected chi connectivity index (χ2v) is 5.89. The van der Waals surface area contributed by atoms with Crippen LogP contribution >= 0.6 is 0 Å². The van der Waals surface area contributed by atoms with Gasteiger partial charge in [0.25, 0.3) is 0 Å². The first kappa shape index (κ1) is 14.6. The molecule has 0 aromatic heterocycles. The van der Waals surface area contributed by atoms with Crippen LogP contribution < -0.4 is 16.2 Å². The highest BCUT2D eigenvalue weighted by molar-refractivity contribution is 7.89. The molecule has 6 nitrogen and oxygen atoms in total. The molecule has 100 valence electrons. The summed E-state index contributed by atoms with van der Waals surface area (Å²) >= 11 is 0. The Morgan fingerprint density at radius 3 is 2.44 bits per heavy atom. The van der Waals surface area contributed by atoms with Crippen LogP contribution in [-0.4, -0.2) is 20.4 Å². The number of benzene rings is 1. The second-order valence-electron chi connectivity index (χ2n) is 4.33. The van der Waals surface area contributed by atoms with Crippen molar-refractivity contribution in [1.29, 1.82) is 0 Å². The lowest BCUT2D eigenvalue weighted by Crippen LogP contribution is -2.39. The molecule has 0 aliphatic carbocycles. The van der Waals surface area contributed by atoms with E-state index in [1.54, 1.807) is 6.07 Å². The number of hydrogen-bond acceptors (Lipinski definition) is 4. The quantitative estimate of drug-likeness (QED) is 0.728. The van der Waals surface area contributed by atoms with E-state index in [4.69, 9.17) is 10.9 Å².